The van der Waals surface area contributed by atoms with Crippen molar-refractivity contribution in [3.63, 3.8) is 0 Å². The van der Waals surface area contributed by atoms with Crippen LogP contribution < -0.4 is 5.32 Å². The molecule has 3 saturated heterocycles. The van der Waals surface area contributed by atoms with E-state index in [9.17, 15) is 9.59 Å². The first-order valence-corrected chi connectivity index (χ1v) is 9.16. The molecule has 0 radical (unpaired) electrons. The molecule has 1 atom stereocenters. The Balaban J connectivity index is 1.61. The molecule has 1 N–H and O–H groups in total. The van der Waals surface area contributed by atoms with Crippen LogP contribution in [-0.2, 0) is 23.8 Å². The minimum Gasteiger partial charge on any atom is -0.381 e. The van der Waals surface area contributed by atoms with Crippen LogP contribution in [0.15, 0.2) is 12.1 Å². The van der Waals surface area contributed by atoms with Crippen molar-refractivity contribution in [3.8, 4) is 0 Å². The Labute approximate surface area is 153 Å². The van der Waals surface area contributed by atoms with Gasteiger partial charge in [-0.25, -0.2) is 0 Å². The minimum absolute atomic E-state index is 0.151. The molecule has 3 aliphatic heterocycles. The highest BCUT2D eigenvalue weighted by molar-refractivity contribution is 6.17. The molecule has 1 aromatic rings. The largest absolute Gasteiger partial charge is 0.381 e. The van der Waals surface area contributed by atoms with Crippen molar-refractivity contribution in [3.05, 3.63) is 34.4 Å². The van der Waals surface area contributed by atoms with Crippen LogP contribution in [0.3, 0.4) is 0 Å². The first-order valence-electron chi connectivity index (χ1n) is 9.16. The number of ether oxygens (including phenoxy) is 3. The maximum Gasteiger partial charge on any atom is 0.236 e. The second-order valence-corrected chi connectivity index (χ2v) is 7.78. The van der Waals surface area contributed by atoms with Gasteiger partial charge in [-0.2, -0.15) is 0 Å². The summed E-state index contributed by atoms with van der Waals surface area (Å²) in [5.41, 5.74) is 2.77. The average molecular weight is 359 g/mol. The zero-order valence-corrected chi connectivity index (χ0v) is 15.5. The topological polar surface area (TPSA) is 73.9 Å². The Hall–Kier alpha value is -1.76. The van der Waals surface area contributed by atoms with E-state index in [1.54, 1.807) is 0 Å². The average Bonchev–Trinajstić information content (AvgIpc) is 2.83. The predicted molar refractivity (Wildman–Crippen MR) is 94.0 cm³/mol. The molecule has 1 amide bonds. The molecule has 6 nitrogen and oxygen atoms in total. The van der Waals surface area contributed by atoms with E-state index in [1.165, 1.54) is 0 Å². The fraction of sp³-hybridized carbons (Fsp3) is 0.600. The molecule has 1 unspecified atom stereocenters. The number of ketones is 1. The summed E-state index contributed by atoms with van der Waals surface area (Å²) in [4.78, 5) is 26.0. The molecule has 0 aliphatic carbocycles. The zero-order chi connectivity index (χ0) is 18.5. The van der Waals surface area contributed by atoms with Crippen LogP contribution in [0.5, 0.6) is 0 Å². The lowest BCUT2D eigenvalue weighted by Gasteiger charge is -2.45. The van der Waals surface area contributed by atoms with Crippen molar-refractivity contribution in [2.24, 2.45) is 0 Å². The highest BCUT2D eigenvalue weighted by Gasteiger charge is 2.58. The second kappa shape index (κ2) is 6.15. The van der Waals surface area contributed by atoms with E-state index in [1.807, 2.05) is 32.9 Å². The molecule has 0 bridgehead atoms. The van der Waals surface area contributed by atoms with Gasteiger partial charge in [0.15, 0.2) is 11.6 Å². The number of rotatable bonds is 1. The molecule has 3 aliphatic rings. The lowest BCUT2D eigenvalue weighted by Crippen LogP contribution is -2.62. The Morgan fingerprint density at radius 2 is 1.58 bits per heavy atom. The van der Waals surface area contributed by atoms with Crippen LogP contribution >= 0.6 is 0 Å². The quantitative estimate of drug-likeness (QED) is 0.773. The summed E-state index contributed by atoms with van der Waals surface area (Å²) in [6.45, 7) is 7.38. The molecule has 0 aromatic heterocycles. The van der Waals surface area contributed by atoms with E-state index < -0.39 is 17.2 Å². The minimum atomic E-state index is -1.09. The Bertz CT molecular complexity index is 732. The number of amides is 1. The maximum absolute atomic E-state index is 13.3. The number of carbonyl (C=O) groups excluding carboxylic acids is 2. The Kier molecular flexibility index (Phi) is 4.17. The van der Waals surface area contributed by atoms with Gasteiger partial charge in [-0.05, 0) is 37.5 Å². The molecule has 140 valence electrons. The second-order valence-electron chi connectivity index (χ2n) is 7.78. The molecule has 2 spiro atoms. The van der Waals surface area contributed by atoms with E-state index in [4.69, 9.17) is 14.2 Å². The van der Waals surface area contributed by atoms with Gasteiger partial charge in [-0.3, -0.25) is 9.59 Å². The van der Waals surface area contributed by atoms with Gasteiger partial charge < -0.3 is 19.5 Å². The van der Waals surface area contributed by atoms with Crippen molar-refractivity contribution < 1.29 is 23.8 Å². The number of aryl methyl sites for hydroxylation is 3. The number of carbonyl (C=O) groups is 2. The van der Waals surface area contributed by atoms with Crippen molar-refractivity contribution in [2.45, 2.75) is 50.9 Å². The van der Waals surface area contributed by atoms with Gasteiger partial charge >= 0.3 is 0 Å². The molecule has 3 heterocycles. The van der Waals surface area contributed by atoms with E-state index >= 15 is 0 Å². The Morgan fingerprint density at radius 3 is 2.15 bits per heavy atom. The third kappa shape index (κ3) is 2.68. The molecule has 0 saturated carbocycles. The molecule has 4 rings (SSSR count). The lowest BCUT2D eigenvalue weighted by molar-refractivity contribution is -0.308. The van der Waals surface area contributed by atoms with Crippen molar-refractivity contribution in [1.82, 2.24) is 5.32 Å². The van der Waals surface area contributed by atoms with E-state index in [-0.39, 0.29) is 24.9 Å². The van der Waals surface area contributed by atoms with Crippen LogP contribution in [0.2, 0.25) is 0 Å². The first kappa shape index (κ1) is 17.6. The summed E-state index contributed by atoms with van der Waals surface area (Å²) in [6, 6.07) is 4.03. The summed E-state index contributed by atoms with van der Waals surface area (Å²) in [6.07, 6.45) is 1.29. The van der Waals surface area contributed by atoms with E-state index in [0.717, 1.165) is 22.3 Å². The van der Waals surface area contributed by atoms with Crippen LogP contribution in [0.4, 0.5) is 0 Å². The maximum atomic E-state index is 13.3. The van der Waals surface area contributed by atoms with Gasteiger partial charge in [-0.15, -0.1) is 0 Å². The van der Waals surface area contributed by atoms with Gasteiger partial charge in [0.1, 0.15) is 11.5 Å². The van der Waals surface area contributed by atoms with E-state index in [2.05, 4.69) is 5.32 Å². The highest BCUT2D eigenvalue weighted by Crippen LogP contribution is 2.39. The number of benzene rings is 1. The van der Waals surface area contributed by atoms with Crippen molar-refractivity contribution >= 4 is 11.7 Å². The number of nitrogens with one attached hydrogen (secondary N) is 1. The van der Waals surface area contributed by atoms with Gasteiger partial charge in [0.2, 0.25) is 5.91 Å². The fourth-order valence-corrected chi connectivity index (χ4v) is 4.45. The number of hydrogen-bond donors (Lipinski definition) is 1. The summed E-state index contributed by atoms with van der Waals surface area (Å²) >= 11 is 0. The Morgan fingerprint density at radius 1 is 1.00 bits per heavy atom. The van der Waals surface area contributed by atoms with Gasteiger partial charge in [0.05, 0.1) is 26.4 Å². The van der Waals surface area contributed by atoms with E-state index in [0.29, 0.717) is 26.1 Å². The SMILES string of the molecule is Cc1cc(C)c(C2C(=O)NC3(COC4(CCOCC4)OC3)C2=O)c(C)c1. The first-order chi connectivity index (χ1) is 12.4. The third-order valence-electron chi connectivity index (χ3n) is 5.80. The normalized spacial score (nSPS) is 27.1. The molecule has 3 fully saturated rings. The van der Waals surface area contributed by atoms with Crippen molar-refractivity contribution in [1.29, 1.82) is 0 Å². The summed E-state index contributed by atoms with van der Waals surface area (Å²) in [5.74, 6) is -1.89. The summed E-state index contributed by atoms with van der Waals surface area (Å²) in [5, 5.41) is 2.89. The molecule has 6 heteroatoms. The summed E-state index contributed by atoms with van der Waals surface area (Å²) < 4.78 is 17.3. The van der Waals surface area contributed by atoms with Crippen LogP contribution in [-0.4, -0.2) is 49.4 Å². The third-order valence-corrected chi connectivity index (χ3v) is 5.80. The van der Waals surface area contributed by atoms with Gasteiger partial charge in [-0.1, -0.05) is 17.7 Å². The van der Waals surface area contributed by atoms with Crippen LogP contribution in [0.1, 0.15) is 41.0 Å². The number of Topliss-reactive ketones (excluding diaryl/α,β-unsaturated/α-hetero) is 1. The standard InChI is InChI=1S/C20H25NO5/c1-12-8-13(2)15(14(3)9-12)16-17(22)19(21-18(16)23)10-25-20(26-11-19)4-6-24-7-5-20/h8-9,16H,4-7,10-11H2,1-3H3,(H,21,23). The molecular weight excluding hydrogens is 334 g/mol. The molecule has 1 aromatic carbocycles. The lowest BCUT2D eigenvalue weighted by atomic mass is 9.83. The van der Waals surface area contributed by atoms with Crippen LogP contribution in [0.25, 0.3) is 0 Å². The van der Waals surface area contributed by atoms with Crippen LogP contribution in [0, 0.1) is 20.8 Å². The zero-order valence-electron chi connectivity index (χ0n) is 15.5. The smallest absolute Gasteiger partial charge is 0.236 e. The summed E-state index contributed by atoms with van der Waals surface area (Å²) in [7, 11) is 0. The van der Waals surface area contributed by atoms with Gasteiger partial charge in [0.25, 0.3) is 0 Å². The van der Waals surface area contributed by atoms with Gasteiger partial charge in [0, 0.05) is 12.8 Å². The molecular formula is C20H25NO5. The van der Waals surface area contributed by atoms with Crippen molar-refractivity contribution in [2.75, 3.05) is 26.4 Å². The highest BCUT2D eigenvalue weighted by atomic mass is 16.7. The predicted octanol–water partition coefficient (Wildman–Crippen LogP) is 1.69. The number of hydrogen-bond acceptors (Lipinski definition) is 5. The fourth-order valence-electron chi connectivity index (χ4n) is 4.45. The monoisotopic (exact) mass is 359 g/mol. The molecule has 26 heavy (non-hydrogen) atoms.